The average molecular weight is 585 g/mol. The van der Waals surface area contributed by atoms with Crippen LogP contribution in [0.4, 0.5) is 0 Å². The van der Waals surface area contributed by atoms with Gasteiger partial charge in [-0.05, 0) is 109 Å². The minimum atomic E-state index is -0.366. The zero-order valence-corrected chi connectivity index (χ0v) is 25.2. The first-order chi connectivity index (χ1) is 22.8. The van der Waals surface area contributed by atoms with E-state index < -0.39 is 0 Å². The highest BCUT2D eigenvalue weighted by Crippen LogP contribution is 2.63. The fourth-order valence-electron chi connectivity index (χ4n) is 9.09. The number of ether oxygens (including phenoxy) is 1. The molecule has 0 N–H and O–H groups in total. The normalized spacial score (nSPS) is 17.3. The topological polar surface area (TPSA) is 9.23 Å². The summed E-state index contributed by atoms with van der Waals surface area (Å²) in [5.41, 5.74) is 17.9. The quantitative estimate of drug-likeness (QED) is 0.186. The van der Waals surface area contributed by atoms with Gasteiger partial charge in [0.15, 0.2) is 0 Å². The second kappa shape index (κ2) is 8.74. The molecule has 46 heavy (non-hydrogen) atoms. The molecule has 1 spiro atoms. The van der Waals surface area contributed by atoms with Crippen molar-refractivity contribution in [2.75, 3.05) is 0 Å². The van der Waals surface area contributed by atoms with Gasteiger partial charge in [0.25, 0.3) is 0 Å². The third kappa shape index (κ3) is 2.96. The molecule has 7 aromatic carbocycles. The van der Waals surface area contributed by atoms with Crippen LogP contribution in [0.3, 0.4) is 0 Å². The van der Waals surface area contributed by atoms with Gasteiger partial charge in [-0.25, -0.2) is 0 Å². The molecule has 0 bridgehead atoms. The molecule has 1 heteroatoms. The first kappa shape index (κ1) is 24.6. The van der Waals surface area contributed by atoms with Crippen LogP contribution in [-0.2, 0) is 11.8 Å². The van der Waals surface area contributed by atoms with Gasteiger partial charge >= 0.3 is 0 Å². The van der Waals surface area contributed by atoms with Crippen LogP contribution < -0.4 is 4.74 Å². The van der Waals surface area contributed by atoms with E-state index in [0.29, 0.717) is 0 Å². The summed E-state index contributed by atoms with van der Waals surface area (Å²) in [6.07, 6.45) is 4.53. The maximum Gasteiger partial charge on any atom is 0.143 e. The molecule has 11 rings (SSSR count). The Hall–Kier alpha value is -5.66. The molecule has 1 nitrogen and oxygen atoms in total. The lowest BCUT2D eigenvalue weighted by Gasteiger charge is -2.31. The van der Waals surface area contributed by atoms with Gasteiger partial charge in [-0.15, -0.1) is 0 Å². The number of aryl methyl sites for hydroxylation is 1. The van der Waals surface area contributed by atoms with Gasteiger partial charge in [0.1, 0.15) is 11.5 Å². The molecule has 7 aromatic rings. The van der Waals surface area contributed by atoms with Gasteiger partial charge in [-0.1, -0.05) is 121 Å². The number of hydrogen-bond donors (Lipinski definition) is 0. The van der Waals surface area contributed by atoms with Crippen LogP contribution in [0.1, 0.15) is 45.4 Å². The van der Waals surface area contributed by atoms with Crippen molar-refractivity contribution in [3.8, 4) is 44.9 Å². The van der Waals surface area contributed by atoms with E-state index in [1.165, 1.54) is 83.1 Å². The number of fused-ring (bicyclic) bond motifs is 13. The first-order valence-corrected chi connectivity index (χ1v) is 16.3. The molecule has 1 heterocycles. The highest BCUT2D eigenvalue weighted by Gasteiger charge is 2.51. The van der Waals surface area contributed by atoms with Crippen LogP contribution in [0.5, 0.6) is 11.5 Å². The van der Waals surface area contributed by atoms with Crippen LogP contribution in [0.25, 0.3) is 49.7 Å². The molecule has 214 valence electrons. The summed E-state index contributed by atoms with van der Waals surface area (Å²) >= 11 is 0. The molecule has 0 saturated heterocycles. The van der Waals surface area contributed by atoms with E-state index in [1.54, 1.807) is 0 Å². The number of para-hydroxylation sites is 1. The lowest BCUT2D eigenvalue weighted by molar-refractivity contribution is 0.474. The molecule has 1 aliphatic heterocycles. The lowest BCUT2D eigenvalue weighted by Crippen LogP contribution is -2.25. The van der Waals surface area contributed by atoms with E-state index >= 15 is 0 Å². The Morgan fingerprint density at radius 1 is 0.478 bits per heavy atom. The van der Waals surface area contributed by atoms with Crippen molar-refractivity contribution in [2.45, 2.75) is 18.3 Å². The Kier molecular flexibility index (Phi) is 4.68. The minimum Gasteiger partial charge on any atom is -0.455 e. The number of rotatable bonds is 1. The molecule has 0 aromatic heterocycles. The van der Waals surface area contributed by atoms with Crippen LogP contribution in [0.15, 0.2) is 146 Å². The van der Waals surface area contributed by atoms with E-state index in [-0.39, 0.29) is 5.41 Å². The van der Waals surface area contributed by atoms with Gasteiger partial charge < -0.3 is 4.74 Å². The van der Waals surface area contributed by atoms with Gasteiger partial charge in [-0.3, -0.25) is 0 Å². The summed E-state index contributed by atoms with van der Waals surface area (Å²) in [6.45, 7) is 0. The molecule has 1 unspecified atom stereocenters. The van der Waals surface area contributed by atoms with Crippen LogP contribution in [-0.4, -0.2) is 0 Å². The highest BCUT2D eigenvalue weighted by molar-refractivity contribution is 6.01. The van der Waals surface area contributed by atoms with Crippen molar-refractivity contribution in [2.24, 2.45) is 0 Å². The SMILES string of the molecule is C1=C2c3cccc(-c4ccc5c(c4)-c4ccccc4C54c5ccccc5-c5cc6ccccc6cc54)c3Oc3cccc(c32)CC1. The Bertz CT molecular complexity index is 2510. The lowest BCUT2D eigenvalue weighted by atomic mass is 9.70. The summed E-state index contributed by atoms with van der Waals surface area (Å²) < 4.78 is 6.78. The maximum absolute atomic E-state index is 6.78. The fraction of sp³-hybridized carbons (Fsp3) is 0.0667. The van der Waals surface area contributed by atoms with Crippen molar-refractivity contribution in [1.29, 1.82) is 0 Å². The third-order valence-electron chi connectivity index (χ3n) is 10.9. The molecule has 0 radical (unpaired) electrons. The maximum atomic E-state index is 6.78. The highest BCUT2D eigenvalue weighted by atomic mass is 16.5. The first-order valence-electron chi connectivity index (χ1n) is 16.3. The van der Waals surface area contributed by atoms with Crippen molar-refractivity contribution in [3.63, 3.8) is 0 Å². The summed E-state index contributed by atoms with van der Waals surface area (Å²) in [5.74, 6) is 1.93. The molecule has 3 aliphatic carbocycles. The number of allylic oxidation sites excluding steroid dienone is 1. The Balaban J connectivity index is 1.17. The minimum absolute atomic E-state index is 0.366. The third-order valence-corrected chi connectivity index (χ3v) is 10.9. The van der Waals surface area contributed by atoms with Crippen LogP contribution in [0, 0.1) is 0 Å². The van der Waals surface area contributed by atoms with E-state index in [2.05, 4.69) is 146 Å². The smallest absolute Gasteiger partial charge is 0.143 e. The predicted molar refractivity (Wildman–Crippen MR) is 188 cm³/mol. The van der Waals surface area contributed by atoms with Gasteiger partial charge in [-0.2, -0.15) is 0 Å². The zero-order chi connectivity index (χ0) is 30.0. The second-order valence-electron chi connectivity index (χ2n) is 13.1. The molecule has 0 fully saturated rings. The van der Waals surface area contributed by atoms with Crippen LogP contribution >= 0.6 is 0 Å². The van der Waals surface area contributed by atoms with E-state index in [0.717, 1.165) is 29.9 Å². The van der Waals surface area contributed by atoms with E-state index in [9.17, 15) is 0 Å². The number of hydrogen-bond acceptors (Lipinski definition) is 1. The largest absolute Gasteiger partial charge is 0.455 e. The summed E-state index contributed by atoms with van der Waals surface area (Å²) in [7, 11) is 0. The Labute approximate surface area is 268 Å². The van der Waals surface area contributed by atoms with Crippen molar-refractivity contribution < 1.29 is 4.74 Å². The Morgan fingerprint density at radius 2 is 1.13 bits per heavy atom. The fourth-order valence-corrected chi connectivity index (χ4v) is 9.09. The van der Waals surface area contributed by atoms with Crippen LogP contribution in [0.2, 0.25) is 0 Å². The van der Waals surface area contributed by atoms with Crippen molar-refractivity contribution >= 4 is 16.3 Å². The molecule has 4 aliphatic rings. The molecular weight excluding hydrogens is 556 g/mol. The molecular formula is C45H28O. The standard InChI is InChI=1S/C45H28O/c1-2-11-29-26-41-37(24-28(29)10-1)33-15-4-6-20-39(33)45(41)38-19-5-3-14-32(38)36-25-30(22-23-40(36)45)31-16-9-18-35-34-17-7-12-27-13-8-21-42(43(27)34)46-44(31)35/h1-6,8-11,13-26H,7,12H2. The predicted octanol–water partition coefficient (Wildman–Crippen LogP) is 11.3. The monoisotopic (exact) mass is 584 g/mol. The second-order valence-corrected chi connectivity index (χ2v) is 13.1. The Morgan fingerprint density at radius 3 is 1.96 bits per heavy atom. The average Bonchev–Trinajstić information content (AvgIpc) is 3.57. The van der Waals surface area contributed by atoms with E-state index in [1.807, 2.05) is 0 Å². The number of benzene rings is 7. The zero-order valence-electron chi connectivity index (χ0n) is 25.2. The van der Waals surface area contributed by atoms with Crippen molar-refractivity contribution in [3.05, 3.63) is 185 Å². The molecule has 0 saturated carbocycles. The van der Waals surface area contributed by atoms with Gasteiger partial charge in [0, 0.05) is 16.7 Å². The van der Waals surface area contributed by atoms with Gasteiger partial charge in [0.05, 0.1) is 5.41 Å². The molecule has 0 amide bonds. The summed E-state index contributed by atoms with van der Waals surface area (Å²) in [6, 6.07) is 52.1. The summed E-state index contributed by atoms with van der Waals surface area (Å²) in [4.78, 5) is 0. The summed E-state index contributed by atoms with van der Waals surface area (Å²) in [5, 5.41) is 2.56. The van der Waals surface area contributed by atoms with E-state index in [4.69, 9.17) is 4.74 Å². The van der Waals surface area contributed by atoms with Gasteiger partial charge in [0.2, 0.25) is 0 Å². The molecule has 1 atom stereocenters. The van der Waals surface area contributed by atoms with Crippen molar-refractivity contribution in [1.82, 2.24) is 0 Å².